The minimum absolute atomic E-state index is 0.543. The monoisotopic (exact) mass is 351 g/mol. The molecule has 0 aliphatic heterocycles. The molecule has 2 aromatic carbocycles. The van der Waals surface area contributed by atoms with Crippen molar-refractivity contribution in [3.8, 4) is 23.3 Å². The smallest absolute Gasteiger partial charge is 0.169 e. The zero-order chi connectivity index (χ0) is 13.0. The van der Waals surface area contributed by atoms with Gasteiger partial charge in [0.25, 0.3) is 0 Å². The van der Waals surface area contributed by atoms with Crippen LogP contribution in [0.2, 0.25) is 0 Å². The Morgan fingerprint density at radius 2 is 1.94 bits per heavy atom. The SMILES string of the molecule is COc1cc(C#N)ccc1Oc1cccc(I)c1. The predicted octanol–water partition coefficient (Wildman–Crippen LogP) is 3.96. The standard InChI is InChI=1S/C14H10INO2/c1-17-14-7-10(9-16)5-6-13(14)18-12-4-2-3-11(15)8-12/h2-8H,1H3. The second-order valence-electron chi connectivity index (χ2n) is 3.54. The normalized spacial score (nSPS) is 9.61. The Hall–Kier alpha value is -1.74. The van der Waals surface area contributed by atoms with Gasteiger partial charge in [0.15, 0.2) is 11.5 Å². The van der Waals surface area contributed by atoms with Crippen LogP contribution >= 0.6 is 22.6 Å². The van der Waals surface area contributed by atoms with Crippen molar-refractivity contribution in [1.82, 2.24) is 0 Å². The first-order valence-electron chi connectivity index (χ1n) is 5.24. The fourth-order valence-corrected chi connectivity index (χ4v) is 1.99. The largest absolute Gasteiger partial charge is 0.493 e. The van der Waals surface area contributed by atoms with Crippen molar-refractivity contribution in [2.45, 2.75) is 0 Å². The molecule has 0 spiro atoms. The van der Waals surface area contributed by atoms with Crippen LogP contribution in [-0.2, 0) is 0 Å². The molecule has 0 N–H and O–H groups in total. The summed E-state index contributed by atoms with van der Waals surface area (Å²) in [5, 5.41) is 8.83. The van der Waals surface area contributed by atoms with E-state index in [0.29, 0.717) is 17.1 Å². The van der Waals surface area contributed by atoms with Crippen LogP contribution in [0.3, 0.4) is 0 Å². The Bertz CT molecular complexity index is 605. The second-order valence-corrected chi connectivity index (χ2v) is 4.78. The molecule has 2 aromatic rings. The van der Waals surface area contributed by atoms with Crippen LogP contribution < -0.4 is 9.47 Å². The fourth-order valence-electron chi connectivity index (χ4n) is 1.48. The minimum Gasteiger partial charge on any atom is -0.493 e. The van der Waals surface area contributed by atoms with Gasteiger partial charge in [-0.15, -0.1) is 0 Å². The third-order valence-corrected chi connectivity index (χ3v) is 2.99. The van der Waals surface area contributed by atoms with Gasteiger partial charge in [-0.1, -0.05) is 6.07 Å². The van der Waals surface area contributed by atoms with Crippen molar-refractivity contribution in [3.05, 3.63) is 51.6 Å². The van der Waals surface area contributed by atoms with E-state index in [1.807, 2.05) is 24.3 Å². The maximum Gasteiger partial charge on any atom is 0.169 e. The summed E-state index contributed by atoms with van der Waals surface area (Å²) in [6.45, 7) is 0. The molecule has 2 rings (SSSR count). The second kappa shape index (κ2) is 5.74. The van der Waals surface area contributed by atoms with Gasteiger partial charge in [0.1, 0.15) is 5.75 Å². The van der Waals surface area contributed by atoms with Crippen molar-refractivity contribution in [2.75, 3.05) is 7.11 Å². The summed E-state index contributed by atoms with van der Waals surface area (Å²) in [6.07, 6.45) is 0. The summed E-state index contributed by atoms with van der Waals surface area (Å²) in [7, 11) is 1.55. The molecular formula is C14H10INO2. The van der Waals surface area contributed by atoms with Crippen molar-refractivity contribution in [2.24, 2.45) is 0 Å². The maximum absolute atomic E-state index is 8.83. The number of rotatable bonds is 3. The van der Waals surface area contributed by atoms with Gasteiger partial charge in [0, 0.05) is 9.64 Å². The summed E-state index contributed by atoms with van der Waals surface area (Å²) >= 11 is 2.22. The van der Waals surface area contributed by atoms with Crippen LogP contribution in [0.1, 0.15) is 5.56 Å². The Labute approximate surface area is 119 Å². The molecule has 0 heterocycles. The number of hydrogen-bond acceptors (Lipinski definition) is 3. The van der Waals surface area contributed by atoms with Crippen LogP contribution in [0.25, 0.3) is 0 Å². The molecule has 0 aliphatic carbocycles. The lowest BCUT2D eigenvalue weighted by Gasteiger charge is -2.10. The van der Waals surface area contributed by atoms with Crippen LogP contribution in [-0.4, -0.2) is 7.11 Å². The molecule has 3 nitrogen and oxygen atoms in total. The van der Waals surface area contributed by atoms with Gasteiger partial charge in [-0.2, -0.15) is 5.26 Å². The Kier molecular flexibility index (Phi) is 4.05. The molecule has 18 heavy (non-hydrogen) atoms. The first-order valence-corrected chi connectivity index (χ1v) is 6.32. The third-order valence-electron chi connectivity index (χ3n) is 2.32. The van der Waals surface area contributed by atoms with E-state index in [1.165, 1.54) is 0 Å². The van der Waals surface area contributed by atoms with E-state index in [1.54, 1.807) is 25.3 Å². The lowest BCUT2D eigenvalue weighted by Crippen LogP contribution is -1.91. The van der Waals surface area contributed by atoms with Gasteiger partial charge in [-0.3, -0.25) is 0 Å². The average Bonchev–Trinajstić information content (AvgIpc) is 2.39. The number of halogens is 1. The van der Waals surface area contributed by atoms with Gasteiger partial charge in [0.2, 0.25) is 0 Å². The van der Waals surface area contributed by atoms with E-state index in [2.05, 4.69) is 28.7 Å². The van der Waals surface area contributed by atoms with Gasteiger partial charge >= 0.3 is 0 Å². The summed E-state index contributed by atoms with van der Waals surface area (Å²) in [4.78, 5) is 0. The summed E-state index contributed by atoms with van der Waals surface area (Å²) in [5.41, 5.74) is 0.543. The van der Waals surface area contributed by atoms with E-state index in [-0.39, 0.29) is 0 Å². The summed E-state index contributed by atoms with van der Waals surface area (Å²) in [5.74, 6) is 1.89. The topological polar surface area (TPSA) is 42.2 Å². The number of nitriles is 1. The molecule has 0 saturated heterocycles. The summed E-state index contributed by atoms with van der Waals surface area (Å²) in [6, 6.07) is 14.9. The van der Waals surface area contributed by atoms with Gasteiger partial charge in [-0.25, -0.2) is 0 Å². The van der Waals surface area contributed by atoms with Gasteiger partial charge in [-0.05, 0) is 52.9 Å². The molecule has 90 valence electrons. The number of nitrogens with zero attached hydrogens (tertiary/aromatic N) is 1. The highest BCUT2D eigenvalue weighted by Gasteiger charge is 2.07. The van der Waals surface area contributed by atoms with Crippen molar-refractivity contribution < 1.29 is 9.47 Å². The molecule has 0 saturated carbocycles. The minimum atomic E-state index is 0.543. The molecule has 0 aliphatic rings. The maximum atomic E-state index is 8.83. The van der Waals surface area contributed by atoms with E-state index < -0.39 is 0 Å². The van der Waals surface area contributed by atoms with E-state index >= 15 is 0 Å². The van der Waals surface area contributed by atoms with Crippen LogP contribution in [0, 0.1) is 14.9 Å². The highest BCUT2D eigenvalue weighted by Crippen LogP contribution is 2.32. The number of hydrogen-bond donors (Lipinski definition) is 0. The van der Waals surface area contributed by atoms with E-state index in [9.17, 15) is 0 Å². The lowest BCUT2D eigenvalue weighted by molar-refractivity contribution is 0.378. The van der Waals surface area contributed by atoms with Crippen LogP contribution in [0.15, 0.2) is 42.5 Å². The Morgan fingerprint density at radius 1 is 1.11 bits per heavy atom. The van der Waals surface area contributed by atoms with Crippen molar-refractivity contribution in [3.63, 3.8) is 0 Å². The molecule has 0 aromatic heterocycles. The quantitative estimate of drug-likeness (QED) is 0.786. The van der Waals surface area contributed by atoms with E-state index in [0.717, 1.165) is 9.32 Å². The Balaban J connectivity index is 2.32. The number of benzene rings is 2. The van der Waals surface area contributed by atoms with Gasteiger partial charge in [0.05, 0.1) is 18.7 Å². The first-order chi connectivity index (χ1) is 8.72. The first kappa shape index (κ1) is 12.7. The Morgan fingerprint density at radius 3 is 2.61 bits per heavy atom. The molecular weight excluding hydrogens is 341 g/mol. The molecule has 0 radical (unpaired) electrons. The molecule has 0 atom stereocenters. The number of methoxy groups -OCH3 is 1. The van der Waals surface area contributed by atoms with Crippen LogP contribution in [0.5, 0.6) is 17.2 Å². The fraction of sp³-hybridized carbons (Fsp3) is 0.0714. The van der Waals surface area contributed by atoms with Crippen molar-refractivity contribution in [1.29, 1.82) is 5.26 Å². The van der Waals surface area contributed by atoms with Crippen molar-refractivity contribution >= 4 is 22.6 Å². The van der Waals surface area contributed by atoms with E-state index in [4.69, 9.17) is 14.7 Å². The lowest BCUT2D eigenvalue weighted by atomic mass is 10.2. The highest BCUT2D eigenvalue weighted by molar-refractivity contribution is 14.1. The number of ether oxygens (including phenoxy) is 2. The zero-order valence-corrected chi connectivity index (χ0v) is 11.8. The molecule has 4 heteroatoms. The third kappa shape index (κ3) is 2.93. The molecule has 0 amide bonds. The average molecular weight is 351 g/mol. The molecule has 0 unspecified atom stereocenters. The highest BCUT2D eigenvalue weighted by atomic mass is 127. The zero-order valence-electron chi connectivity index (χ0n) is 9.68. The summed E-state index contributed by atoms with van der Waals surface area (Å²) < 4.78 is 12.0. The predicted molar refractivity (Wildman–Crippen MR) is 76.9 cm³/mol. The molecule has 0 fully saturated rings. The van der Waals surface area contributed by atoms with Gasteiger partial charge < -0.3 is 9.47 Å². The molecule has 0 bridgehead atoms. The van der Waals surface area contributed by atoms with Crippen LogP contribution in [0.4, 0.5) is 0 Å².